The maximum absolute atomic E-state index is 13.1. The number of aromatic nitrogens is 2. The average Bonchev–Trinajstić information content (AvgIpc) is 3.07. The van der Waals surface area contributed by atoms with Gasteiger partial charge in [0.1, 0.15) is 11.5 Å². The Morgan fingerprint density at radius 3 is 2.54 bits per heavy atom. The number of carbonyl (C=O) groups excluding carboxylic acids is 1. The van der Waals surface area contributed by atoms with Crippen LogP contribution in [0.15, 0.2) is 28.8 Å². The first kappa shape index (κ1) is 19.7. The molecule has 0 aliphatic rings. The van der Waals surface area contributed by atoms with Crippen molar-refractivity contribution < 1.29 is 18.8 Å². The third-order valence-corrected chi connectivity index (χ3v) is 4.73. The number of hydrogen-bond acceptors (Lipinski definition) is 6. The van der Waals surface area contributed by atoms with Crippen LogP contribution in [-0.4, -0.2) is 30.3 Å². The molecule has 1 atom stereocenters. The van der Waals surface area contributed by atoms with Gasteiger partial charge in [0.05, 0.1) is 36.9 Å². The van der Waals surface area contributed by atoms with Gasteiger partial charge in [0.25, 0.3) is 11.6 Å². The molecule has 0 aliphatic heterocycles. The Bertz CT molecular complexity index is 1010. The summed E-state index contributed by atoms with van der Waals surface area (Å²) in [6, 6.07) is 7.05. The zero-order chi connectivity index (χ0) is 20.4. The lowest BCUT2D eigenvalue weighted by molar-refractivity contribution is 0.0941. The molecule has 3 rings (SSSR count). The number of pyridine rings is 1. The van der Waals surface area contributed by atoms with Gasteiger partial charge in [-0.1, -0.05) is 19.0 Å². The fourth-order valence-electron chi connectivity index (χ4n) is 3.12. The predicted molar refractivity (Wildman–Crippen MR) is 106 cm³/mol. The number of amides is 1. The van der Waals surface area contributed by atoms with Crippen molar-refractivity contribution in [2.45, 2.75) is 39.7 Å². The van der Waals surface area contributed by atoms with Crippen LogP contribution in [0.3, 0.4) is 0 Å². The van der Waals surface area contributed by atoms with Crippen molar-refractivity contribution in [2.75, 3.05) is 14.2 Å². The summed E-state index contributed by atoms with van der Waals surface area (Å²) < 4.78 is 16.0. The van der Waals surface area contributed by atoms with Gasteiger partial charge in [-0.3, -0.25) is 4.79 Å². The molecule has 2 aromatic heterocycles. The number of rotatable bonds is 6. The molecule has 0 saturated heterocycles. The third-order valence-electron chi connectivity index (χ3n) is 4.73. The Kier molecular flexibility index (Phi) is 5.53. The molecule has 7 heteroatoms. The number of nitrogens with one attached hydrogen (secondary N) is 1. The smallest absolute Gasteiger partial charge is 0.259 e. The van der Waals surface area contributed by atoms with E-state index in [1.165, 1.54) is 0 Å². The first-order chi connectivity index (χ1) is 13.3. The summed E-state index contributed by atoms with van der Waals surface area (Å²) in [6.45, 7) is 7.74. The zero-order valence-electron chi connectivity index (χ0n) is 17.0. The second kappa shape index (κ2) is 7.88. The van der Waals surface area contributed by atoms with E-state index in [4.69, 9.17) is 14.0 Å². The Morgan fingerprint density at radius 1 is 1.14 bits per heavy atom. The molecule has 0 saturated carbocycles. The van der Waals surface area contributed by atoms with Crippen molar-refractivity contribution in [3.8, 4) is 11.5 Å². The molecule has 7 nitrogen and oxygen atoms in total. The molecule has 2 heterocycles. The Morgan fingerprint density at radius 2 is 1.89 bits per heavy atom. The maximum Gasteiger partial charge on any atom is 0.259 e. The van der Waals surface area contributed by atoms with Crippen molar-refractivity contribution in [1.29, 1.82) is 0 Å². The van der Waals surface area contributed by atoms with E-state index in [0.29, 0.717) is 33.9 Å². The largest absolute Gasteiger partial charge is 0.497 e. The highest BCUT2D eigenvalue weighted by atomic mass is 16.5. The van der Waals surface area contributed by atoms with Gasteiger partial charge in [-0.25, -0.2) is 4.98 Å². The number of carbonyl (C=O) groups is 1. The second-order valence-corrected chi connectivity index (χ2v) is 7.00. The van der Waals surface area contributed by atoms with Crippen molar-refractivity contribution >= 4 is 17.0 Å². The Labute approximate surface area is 164 Å². The minimum absolute atomic E-state index is 0.153. The Balaban J connectivity index is 1.96. The van der Waals surface area contributed by atoms with Gasteiger partial charge < -0.3 is 19.3 Å². The predicted octanol–water partition coefficient (Wildman–Crippen LogP) is 4.16. The number of hydrogen-bond donors (Lipinski definition) is 1. The third kappa shape index (κ3) is 3.65. The molecule has 1 unspecified atom stereocenters. The molecule has 0 fully saturated rings. The lowest BCUT2D eigenvalue weighted by Crippen LogP contribution is -2.27. The van der Waals surface area contributed by atoms with Gasteiger partial charge >= 0.3 is 0 Å². The molecule has 1 amide bonds. The summed E-state index contributed by atoms with van der Waals surface area (Å²) in [4.78, 5) is 17.6. The van der Waals surface area contributed by atoms with E-state index in [2.05, 4.69) is 15.5 Å². The van der Waals surface area contributed by atoms with Crippen molar-refractivity contribution in [3.05, 3.63) is 46.8 Å². The van der Waals surface area contributed by atoms with Crippen LogP contribution in [0.25, 0.3) is 11.1 Å². The molecule has 0 spiro atoms. The summed E-state index contributed by atoms with van der Waals surface area (Å²) in [5.74, 6) is 1.28. The fraction of sp³-hybridized carbons (Fsp3) is 0.381. The lowest BCUT2D eigenvalue weighted by Gasteiger charge is -2.18. The molecular weight excluding hydrogens is 358 g/mol. The summed E-state index contributed by atoms with van der Waals surface area (Å²) in [5, 5.41) is 7.65. The van der Waals surface area contributed by atoms with E-state index in [1.54, 1.807) is 27.2 Å². The fourth-order valence-corrected chi connectivity index (χ4v) is 3.12. The van der Waals surface area contributed by atoms with Crippen LogP contribution in [0.1, 0.15) is 60.0 Å². The van der Waals surface area contributed by atoms with Gasteiger partial charge in [0.2, 0.25) is 0 Å². The van der Waals surface area contributed by atoms with Crippen LogP contribution >= 0.6 is 0 Å². The molecule has 0 aliphatic carbocycles. The van der Waals surface area contributed by atoms with E-state index >= 15 is 0 Å². The summed E-state index contributed by atoms with van der Waals surface area (Å²) >= 11 is 0. The van der Waals surface area contributed by atoms with Gasteiger partial charge in [-0.05, 0) is 38.0 Å². The highest BCUT2D eigenvalue weighted by molar-refractivity contribution is 6.06. The van der Waals surface area contributed by atoms with Crippen molar-refractivity contribution in [2.24, 2.45) is 0 Å². The monoisotopic (exact) mass is 383 g/mol. The number of aryl methyl sites for hydroxylation is 1. The molecule has 0 radical (unpaired) electrons. The topological polar surface area (TPSA) is 86.5 Å². The summed E-state index contributed by atoms with van der Waals surface area (Å²) in [5.41, 5.74) is 3.16. The van der Waals surface area contributed by atoms with Gasteiger partial charge in [-0.2, -0.15) is 0 Å². The number of fused-ring (bicyclic) bond motifs is 1. The van der Waals surface area contributed by atoms with E-state index in [0.717, 1.165) is 11.3 Å². The van der Waals surface area contributed by atoms with Crippen LogP contribution in [-0.2, 0) is 0 Å². The molecule has 0 bridgehead atoms. The highest BCUT2D eigenvalue weighted by Crippen LogP contribution is 2.30. The lowest BCUT2D eigenvalue weighted by atomic mass is 10.0. The number of nitrogens with zero attached hydrogens (tertiary/aromatic N) is 2. The molecule has 148 valence electrons. The molecule has 1 N–H and O–H groups in total. The van der Waals surface area contributed by atoms with Gasteiger partial charge in [-0.15, -0.1) is 0 Å². The second-order valence-electron chi connectivity index (χ2n) is 7.00. The first-order valence-corrected chi connectivity index (χ1v) is 9.15. The van der Waals surface area contributed by atoms with E-state index in [-0.39, 0.29) is 17.9 Å². The molecule has 3 aromatic rings. The summed E-state index contributed by atoms with van der Waals surface area (Å²) in [6.07, 6.45) is 0. The van der Waals surface area contributed by atoms with Crippen molar-refractivity contribution in [1.82, 2.24) is 15.5 Å². The minimum atomic E-state index is -0.278. The van der Waals surface area contributed by atoms with Crippen LogP contribution in [0, 0.1) is 6.92 Å². The highest BCUT2D eigenvalue weighted by Gasteiger charge is 2.22. The van der Waals surface area contributed by atoms with E-state index < -0.39 is 0 Å². The van der Waals surface area contributed by atoms with E-state index in [1.807, 2.05) is 39.0 Å². The van der Waals surface area contributed by atoms with Crippen LogP contribution in [0.5, 0.6) is 11.5 Å². The minimum Gasteiger partial charge on any atom is -0.497 e. The van der Waals surface area contributed by atoms with Crippen LogP contribution in [0.4, 0.5) is 0 Å². The first-order valence-electron chi connectivity index (χ1n) is 9.15. The summed E-state index contributed by atoms with van der Waals surface area (Å²) in [7, 11) is 3.19. The average molecular weight is 383 g/mol. The van der Waals surface area contributed by atoms with Crippen molar-refractivity contribution in [3.63, 3.8) is 0 Å². The SMILES string of the molecule is COc1ccc(C(C)NC(=O)c2cc(C(C)C)nc3onc(C)c23)c(OC)c1. The maximum atomic E-state index is 13.1. The quantitative estimate of drug-likeness (QED) is 0.688. The van der Waals surface area contributed by atoms with Crippen LogP contribution < -0.4 is 14.8 Å². The Hall–Kier alpha value is -3.09. The van der Waals surface area contributed by atoms with E-state index in [9.17, 15) is 4.79 Å². The zero-order valence-corrected chi connectivity index (χ0v) is 17.0. The standard InChI is InChI=1S/C21H25N3O4/c1-11(2)17-10-16(19-13(4)24-28-21(19)23-17)20(25)22-12(3)15-8-7-14(26-5)9-18(15)27-6/h7-12H,1-6H3,(H,22,25). The molecular formula is C21H25N3O4. The normalized spacial score (nSPS) is 12.2. The number of ether oxygens (including phenoxy) is 2. The van der Waals surface area contributed by atoms with Crippen LogP contribution in [0.2, 0.25) is 0 Å². The molecule has 28 heavy (non-hydrogen) atoms. The number of benzene rings is 1. The van der Waals surface area contributed by atoms with Gasteiger partial charge in [0.15, 0.2) is 0 Å². The number of methoxy groups -OCH3 is 2. The van der Waals surface area contributed by atoms with Gasteiger partial charge in [0, 0.05) is 17.3 Å². The molecule has 1 aromatic carbocycles.